The van der Waals surface area contributed by atoms with Crippen LogP contribution in [0.1, 0.15) is 11.9 Å². The van der Waals surface area contributed by atoms with Crippen LogP contribution in [0, 0.1) is 0 Å². The van der Waals surface area contributed by atoms with E-state index in [1.54, 1.807) is 18.6 Å². The Kier molecular flexibility index (Phi) is 3.25. The molecule has 92 valence electrons. The molecule has 1 saturated heterocycles. The van der Waals surface area contributed by atoms with Crippen molar-refractivity contribution < 1.29 is 4.74 Å². The molecule has 2 aromatic rings. The van der Waals surface area contributed by atoms with Crippen LogP contribution in [-0.4, -0.2) is 34.6 Å². The van der Waals surface area contributed by atoms with Crippen molar-refractivity contribution in [2.24, 2.45) is 0 Å². The van der Waals surface area contributed by atoms with Gasteiger partial charge in [-0.05, 0) is 18.2 Å². The van der Waals surface area contributed by atoms with Gasteiger partial charge in [0.2, 0.25) is 0 Å². The molecule has 1 fully saturated rings. The predicted octanol–water partition coefficient (Wildman–Crippen LogP) is 1.20. The molecule has 0 spiro atoms. The highest BCUT2D eigenvalue weighted by molar-refractivity contribution is 5.56. The first-order valence-corrected chi connectivity index (χ1v) is 5.99. The van der Waals surface area contributed by atoms with E-state index >= 15 is 0 Å². The second-order valence-corrected chi connectivity index (χ2v) is 4.11. The molecule has 0 bridgehead atoms. The topological polar surface area (TPSA) is 59.9 Å². The Balaban J connectivity index is 1.89. The maximum Gasteiger partial charge on any atom is 0.159 e. The predicted molar refractivity (Wildman–Crippen MR) is 66.8 cm³/mol. The van der Waals surface area contributed by atoms with Crippen LogP contribution in [0.4, 0.5) is 0 Å². The molecule has 2 aromatic heterocycles. The maximum absolute atomic E-state index is 5.65. The molecule has 3 heterocycles. The fourth-order valence-corrected chi connectivity index (χ4v) is 1.94. The van der Waals surface area contributed by atoms with Crippen molar-refractivity contribution in [2.45, 2.75) is 6.10 Å². The smallest absolute Gasteiger partial charge is 0.159 e. The summed E-state index contributed by atoms with van der Waals surface area (Å²) in [5, 5.41) is 3.28. The summed E-state index contributed by atoms with van der Waals surface area (Å²) in [6.07, 6.45) is 5.25. The lowest BCUT2D eigenvalue weighted by Crippen LogP contribution is -2.34. The number of nitrogens with zero attached hydrogens (tertiary/aromatic N) is 3. The molecule has 1 aliphatic rings. The highest BCUT2D eigenvalue weighted by Gasteiger charge is 2.18. The molecule has 1 N–H and O–H groups in total. The first-order chi connectivity index (χ1) is 8.93. The molecule has 0 amide bonds. The van der Waals surface area contributed by atoms with Gasteiger partial charge >= 0.3 is 0 Å². The highest BCUT2D eigenvalue weighted by Crippen LogP contribution is 2.19. The zero-order valence-corrected chi connectivity index (χ0v) is 9.91. The van der Waals surface area contributed by atoms with E-state index in [4.69, 9.17) is 4.74 Å². The third kappa shape index (κ3) is 2.37. The number of rotatable bonds is 2. The summed E-state index contributed by atoms with van der Waals surface area (Å²) in [5.41, 5.74) is 1.87. The largest absolute Gasteiger partial charge is 0.368 e. The monoisotopic (exact) mass is 242 g/mol. The van der Waals surface area contributed by atoms with Crippen molar-refractivity contribution in [3.8, 4) is 11.3 Å². The normalized spacial score (nSPS) is 19.7. The van der Waals surface area contributed by atoms with Crippen molar-refractivity contribution in [1.29, 1.82) is 0 Å². The van der Waals surface area contributed by atoms with E-state index in [0.717, 1.165) is 30.2 Å². The number of aromatic nitrogens is 3. The molecule has 0 aliphatic carbocycles. The third-order valence-electron chi connectivity index (χ3n) is 2.85. The Hall–Kier alpha value is -1.85. The Labute approximate surface area is 105 Å². The van der Waals surface area contributed by atoms with Crippen LogP contribution in [-0.2, 0) is 4.74 Å². The standard InChI is InChI=1S/C13H14N4O/c1-2-10(8-14-4-1)11-3-5-16-13(17-11)12-9-15-6-7-18-12/h1-5,8,12,15H,6-7,9H2. The molecule has 5 nitrogen and oxygen atoms in total. The number of morpholine rings is 1. The van der Waals surface area contributed by atoms with Crippen LogP contribution in [0.5, 0.6) is 0 Å². The van der Waals surface area contributed by atoms with Crippen molar-refractivity contribution in [3.63, 3.8) is 0 Å². The van der Waals surface area contributed by atoms with Gasteiger partial charge in [0.05, 0.1) is 12.3 Å². The zero-order valence-electron chi connectivity index (χ0n) is 9.91. The number of hydrogen-bond donors (Lipinski definition) is 1. The lowest BCUT2D eigenvalue weighted by atomic mass is 10.2. The fraction of sp³-hybridized carbons (Fsp3) is 0.308. The summed E-state index contributed by atoms with van der Waals surface area (Å²) < 4.78 is 5.65. The molecule has 5 heteroatoms. The molecule has 0 aromatic carbocycles. The fourth-order valence-electron chi connectivity index (χ4n) is 1.94. The molecule has 1 aliphatic heterocycles. The van der Waals surface area contributed by atoms with Crippen LogP contribution in [0.15, 0.2) is 36.8 Å². The average Bonchev–Trinajstić information content (AvgIpc) is 2.49. The van der Waals surface area contributed by atoms with E-state index in [2.05, 4.69) is 20.3 Å². The van der Waals surface area contributed by atoms with E-state index in [1.165, 1.54) is 0 Å². The van der Waals surface area contributed by atoms with Gasteiger partial charge in [-0.25, -0.2) is 9.97 Å². The second-order valence-electron chi connectivity index (χ2n) is 4.11. The van der Waals surface area contributed by atoms with Gasteiger partial charge < -0.3 is 10.1 Å². The minimum Gasteiger partial charge on any atom is -0.368 e. The number of ether oxygens (including phenoxy) is 1. The van der Waals surface area contributed by atoms with E-state index in [9.17, 15) is 0 Å². The lowest BCUT2D eigenvalue weighted by Gasteiger charge is -2.22. The SMILES string of the molecule is c1cncc(-c2ccnc(C3CNCCO3)n2)c1. The molecule has 0 radical (unpaired) electrons. The maximum atomic E-state index is 5.65. The van der Waals surface area contributed by atoms with Crippen LogP contribution in [0.25, 0.3) is 11.3 Å². The summed E-state index contributed by atoms with van der Waals surface area (Å²) in [5.74, 6) is 0.726. The van der Waals surface area contributed by atoms with Gasteiger partial charge in [-0.1, -0.05) is 0 Å². The number of nitrogens with one attached hydrogen (secondary N) is 1. The van der Waals surface area contributed by atoms with E-state index < -0.39 is 0 Å². The zero-order chi connectivity index (χ0) is 12.2. The minimum atomic E-state index is -0.0598. The van der Waals surface area contributed by atoms with Gasteiger partial charge in [0.15, 0.2) is 5.82 Å². The summed E-state index contributed by atoms with van der Waals surface area (Å²) in [6.45, 7) is 2.35. The average molecular weight is 242 g/mol. The van der Waals surface area contributed by atoms with Crippen LogP contribution >= 0.6 is 0 Å². The molecule has 1 atom stereocenters. The third-order valence-corrected chi connectivity index (χ3v) is 2.85. The number of pyridine rings is 1. The molecule has 3 rings (SSSR count). The van der Waals surface area contributed by atoms with Gasteiger partial charge in [-0.15, -0.1) is 0 Å². The highest BCUT2D eigenvalue weighted by atomic mass is 16.5. The van der Waals surface area contributed by atoms with E-state index in [0.29, 0.717) is 6.61 Å². The molecular formula is C13H14N4O. The molecule has 0 saturated carbocycles. The lowest BCUT2D eigenvalue weighted by molar-refractivity contribution is 0.0222. The first kappa shape index (κ1) is 11.3. The summed E-state index contributed by atoms with van der Waals surface area (Å²) in [7, 11) is 0. The van der Waals surface area contributed by atoms with Crippen molar-refractivity contribution in [1.82, 2.24) is 20.3 Å². The first-order valence-electron chi connectivity index (χ1n) is 5.99. The van der Waals surface area contributed by atoms with Crippen LogP contribution < -0.4 is 5.32 Å². The van der Waals surface area contributed by atoms with E-state index in [-0.39, 0.29) is 6.10 Å². The van der Waals surface area contributed by atoms with Crippen molar-refractivity contribution in [2.75, 3.05) is 19.7 Å². The van der Waals surface area contributed by atoms with Crippen molar-refractivity contribution in [3.05, 3.63) is 42.6 Å². The van der Waals surface area contributed by atoms with Crippen LogP contribution in [0.2, 0.25) is 0 Å². The quantitative estimate of drug-likeness (QED) is 0.857. The second kappa shape index (κ2) is 5.20. The van der Waals surface area contributed by atoms with E-state index in [1.807, 2.05) is 18.2 Å². The van der Waals surface area contributed by atoms with Gasteiger partial charge in [-0.3, -0.25) is 4.98 Å². The Morgan fingerprint density at radius 3 is 3.06 bits per heavy atom. The molecule has 18 heavy (non-hydrogen) atoms. The van der Waals surface area contributed by atoms with Gasteiger partial charge in [0, 0.05) is 37.2 Å². The summed E-state index contributed by atoms with van der Waals surface area (Å²) >= 11 is 0. The minimum absolute atomic E-state index is 0.0598. The Bertz CT molecular complexity index is 511. The van der Waals surface area contributed by atoms with Gasteiger partial charge in [-0.2, -0.15) is 0 Å². The Morgan fingerprint density at radius 1 is 1.28 bits per heavy atom. The summed E-state index contributed by atoms with van der Waals surface area (Å²) in [6, 6.07) is 5.77. The van der Waals surface area contributed by atoms with Crippen molar-refractivity contribution >= 4 is 0 Å². The molecular weight excluding hydrogens is 228 g/mol. The van der Waals surface area contributed by atoms with Crippen LogP contribution in [0.3, 0.4) is 0 Å². The van der Waals surface area contributed by atoms with Gasteiger partial charge in [0.1, 0.15) is 6.10 Å². The Morgan fingerprint density at radius 2 is 2.28 bits per heavy atom. The summed E-state index contributed by atoms with van der Waals surface area (Å²) in [4.78, 5) is 12.9. The number of hydrogen-bond acceptors (Lipinski definition) is 5. The van der Waals surface area contributed by atoms with Gasteiger partial charge in [0.25, 0.3) is 0 Å². The molecule has 1 unspecified atom stereocenters.